The molecule has 7 heteroatoms. The Morgan fingerprint density at radius 3 is 2.39 bits per heavy atom. The number of hydrogen-bond acceptors (Lipinski definition) is 4. The van der Waals surface area contributed by atoms with Gasteiger partial charge in [0.25, 0.3) is 0 Å². The number of piperidine rings is 1. The molecule has 1 aliphatic heterocycles. The number of carbonyl (C=O) groups excluding carboxylic acids is 1. The Labute approximate surface area is 185 Å². The van der Waals surface area contributed by atoms with Gasteiger partial charge in [-0.2, -0.15) is 4.31 Å². The van der Waals surface area contributed by atoms with Crippen LogP contribution in [0.25, 0.3) is 0 Å². The predicted octanol–water partition coefficient (Wildman–Crippen LogP) is 4.52. The highest BCUT2D eigenvalue weighted by Crippen LogP contribution is 2.27. The van der Waals surface area contributed by atoms with E-state index in [0.29, 0.717) is 37.4 Å². The molecule has 1 N–H and O–H groups in total. The SMILES string of the molecule is CCCCOc1ccc(NC(=O)C2CCN(S(=O)(=O)c3ccc(C)cc3)CC2)c(C)c1. The van der Waals surface area contributed by atoms with Crippen molar-refractivity contribution < 1.29 is 17.9 Å². The molecule has 1 heterocycles. The lowest BCUT2D eigenvalue weighted by atomic mass is 9.97. The molecule has 1 saturated heterocycles. The van der Waals surface area contributed by atoms with E-state index in [4.69, 9.17) is 4.74 Å². The molecular weight excluding hydrogens is 412 g/mol. The summed E-state index contributed by atoms with van der Waals surface area (Å²) in [6, 6.07) is 12.6. The fourth-order valence-corrected chi connectivity index (χ4v) is 5.12. The third-order valence-electron chi connectivity index (χ3n) is 5.71. The number of nitrogens with zero attached hydrogens (tertiary/aromatic N) is 1. The molecule has 31 heavy (non-hydrogen) atoms. The third kappa shape index (κ3) is 5.86. The normalized spacial score (nSPS) is 15.6. The van der Waals surface area contributed by atoms with Crippen LogP contribution in [0, 0.1) is 19.8 Å². The maximum Gasteiger partial charge on any atom is 0.243 e. The number of unbranched alkanes of at least 4 members (excludes halogenated alkanes) is 1. The van der Waals surface area contributed by atoms with E-state index in [0.717, 1.165) is 35.4 Å². The minimum absolute atomic E-state index is 0.0601. The molecule has 2 aromatic carbocycles. The molecule has 0 aromatic heterocycles. The number of benzene rings is 2. The number of aryl methyl sites for hydroxylation is 2. The van der Waals surface area contributed by atoms with Crippen molar-refractivity contribution in [2.24, 2.45) is 5.92 Å². The number of anilines is 1. The number of nitrogens with one attached hydrogen (secondary N) is 1. The first-order valence-corrected chi connectivity index (χ1v) is 12.4. The molecule has 0 unspecified atom stereocenters. The van der Waals surface area contributed by atoms with E-state index in [9.17, 15) is 13.2 Å². The van der Waals surface area contributed by atoms with Gasteiger partial charge in [-0.25, -0.2) is 8.42 Å². The maximum atomic E-state index is 12.9. The molecule has 0 radical (unpaired) electrons. The molecule has 168 valence electrons. The number of ether oxygens (including phenoxy) is 1. The summed E-state index contributed by atoms with van der Waals surface area (Å²) < 4.78 is 32.9. The maximum absolute atomic E-state index is 12.9. The first-order chi connectivity index (χ1) is 14.8. The van der Waals surface area contributed by atoms with E-state index in [1.807, 2.05) is 32.0 Å². The third-order valence-corrected chi connectivity index (χ3v) is 7.62. The molecule has 3 rings (SSSR count). The average Bonchev–Trinajstić information content (AvgIpc) is 2.76. The zero-order valence-corrected chi connectivity index (χ0v) is 19.4. The molecule has 0 spiro atoms. The van der Waals surface area contributed by atoms with Crippen LogP contribution in [0.2, 0.25) is 0 Å². The van der Waals surface area contributed by atoms with Crippen LogP contribution in [0.4, 0.5) is 5.69 Å². The molecule has 0 saturated carbocycles. The van der Waals surface area contributed by atoms with Crippen LogP contribution in [0.5, 0.6) is 5.75 Å². The number of hydrogen-bond donors (Lipinski definition) is 1. The predicted molar refractivity (Wildman–Crippen MR) is 123 cm³/mol. The molecule has 0 bridgehead atoms. The van der Waals surface area contributed by atoms with E-state index in [1.165, 1.54) is 4.31 Å². The van der Waals surface area contributed by atoms with E-state index >= 15 is 0 Å². The van der Waals surface area contributed by atoms with E-state index in [2.05, 4.69) is 12.2 Å². The van der Waals surface area contributed by atoms with E-state index in [1.54, 1.807) is 24.3 Å². The Kier molecular flexibility index (Phi) is 7.73. The van der Waals surface area contributed by atoms with Gasteiger partial charge in [0, 0.05) is 24.7 Å². The zero-order valence-electron chi connectivity index (χ0n) is 18.6. The highest BCUT2D eigenvalue weighted by atomic mass is 32.2. The molecule has 6 nitrogen and oxygen atoms in total. The standard InChI is InChI=1S/C24H32N2O4S/c1-4-5-16-30-21-8-11-23(19(3)17-21)25-24(27)20-12-14-26(15-13-20)31(28,29)22-9-6-18(2)7-10-22/h6-11,17,20H,4-5,12-16H2,1-3H3,(H,25,27). The van der Waals surface area contributed by atoms with Crippen molar-refractivity contribution in [3.05, 3.63) is 53.6 Å². The lowest BCUT2D eigenvalue weighted by Crippen LogP contribution is -2.41. The average molecular weight is 445 g/mol. The van der Waals surface area contributed by atoms with Crippen molar-refractivity contribution in [2.75, 3.05) is 25.0 Å². The first-order valence-electron chi connectivity index (χ1n) is 10.9. The summed E-state index contributed by atoms with van der Waals surface area (Å²) in [5.74, 6) is 0.540. The molecule has 2 aromatic rings. The van der Waals surface area contributed by atoms with Crippen LogP contribution in [0.3, 0.4) is 0 Å². The second kappa shape index (κ2) is 10.3. The molecule has 1 fully saturated rings. The number of carbonyl (C=O) groups is 1. The highest BCUT2D eigenvalue weighted by Gasteiger charge is 2.32. The smallest absolute Gasteiger partial charge is 0.243 e. The Bertz CT molecular complexity index is 995. The Morgan fingerprint density at radius 1 is 1.10 bits per heavy atom. The van der Waals surface area contributed by atoms with Crippen LogP contribution in [-0.2, 0) is 14.8 Å². The van der Waals surface area contributed by atoms with Gasteiger partial charge >= 0.3 is 0 Å². The summed E-state index contributed by atoms with van der Waals surface area (Å²) in [6.07, 6.45) is 3.11. The fraction of sp³-hybridized carbons (Fsp3) is 0.458. The van der Waals surface area contributed by atoms with Crippen LogP contribution in [0.15, 0.2) is 47.4 Å². The second-order valence-electron chi connectivity index (χ2n) is 8.16. The first kappa shape index (κ1) is 23.3. The van der Waals surface area contributed by atoms with Crippen LogP contribution >= 0.6 is 0 Å². The van der Waals surface area contributed by atoms with Crippen molar-refractivity contribution in [1.29, 1.82) is 0 Å². The number of sulfonamides is 1. The summed E-state index contributed by atoms with van der Waals surface area (Å²) in [4.78, 5) is 13.1. The van der Waals surface area contributed by atoms with Crippen LogP contribution < -0.4 is 10.1 Å². The lowest BCUT2D eigenvalue weighted by molar-refractivity contribution is -0.120. The summed E-state index contributed by atoms with van der Waals surface area (Å²) in [6.45, 7) is 7.37. The largest absolute Gasteiger partial charge is 0.494 e. The molecule has 0 atom stereocenters. The topological polar surface area (TPSA) is 75.7 Å². The Balaban J connectivity index is 1.56. The molecule has 1 aliphatic rings. The van der Waals surface area contributed by atoms with Crippen LogP contribution in [0.1, 0.15) is 43.7 Å². The molecular formula is C24H32N2O4S. The van der Waals surface area contributed by atoms with Gasteiger partial charge < -0.3 is 10.1 Å². The van der Waals surface area contributed by atoms with Crippen LogP contribution in [-0.4, -0.2) is 38.3 Å². The Hall–Kier alpha value is -2.38. The fourth-order valence-electron chi connectivity index (χ4n) is 3.65. The van der Waals surface area contributed by atoms with Crippen molar-refractivity contribution in [1.82, 2.24) is 4.31 Å². The highest BCUT2D eigenvalue weighted by molar-refractivity contribution is 7.89. The zero-order chi connectivity index (χ0) is 22.4. The summed E-state index contributed by atoms with van der Waals surface area (Å²) >= 11 is 0. The van der Waals surface area contributed by atoms with Gasteiger partial charge in [-0.15, -0.1) is 0 Å². The van der Waals surface area contributed by atoms with Crippen molar-refractivity contribution in [3.8, 4) is 5.75 Å². The van der Waals surface area contributed by atoms with Crippen molar-refractivity contribution >= 4 is 21.6 Å². The van der Waals surface area contributed by atoms with Gasteiger partial charge in [0.15, 0.2) is 0 Å². The van der Waals surface area contributed by atoms with Gasteiger partial charge in [-0.05, 0) is 69.0 Å². The number of amides is 1. The van der Waals surface area contributed by atoms with E-state index < -0.39 is 10.0 Å². The summed E-state index contributed by atoms with van der Waals surface area (Å²) in [7, 11) is -3.52. The minimum Gasteiger partial charge on any atom is -0.494 e. The van der Waals surface area contributed by atoms with Gasteiger partial charge in [0.05, 0.1) is 11.5 Å². The number of rotatable bonds is 8. The van der Waals surface area contributed by atoms with Gasteiger partial charge in [0.1, 0.15) is 5.75 Å². The van der Waals surface area contributed by atoms with Gasteiger partial charge in [0.2, 0.25) is 15.9 Å². The minimum atomic E-state index is -3.52. The van der Waals surface area contributed by atoms with E-state index in [-0.39, 0.29) is 11.8 Å². The monoisotopic (exact) mass is 444 g/mol. The lowest BCUT2D eigenvalue weighted by Gasteiger charge is -2.30. The molecule has 0 aliphatic carbocycles. The van der Waals surface area contributed by atoms with Crippen molar-refractivity contribution in [3.63, 3.8) is 0 Å². The van der Waals surface area contributed by atoms with Gasteiger partial charge in [-0.1, -0.05) is 31.0 Å². The van der Waals surface area contributed by atoms with Gasteiger partial charge in [-0.3, -0.25) is 4.79 Å². The summed E-state index contributed by atoms with van der Waals surface area (Å²) in [5, 5.41) is 3.00. The molecule has 1 amide bonds. The van der Waals surface area contributed by atoms with Crippen molar-refractivity contribution in [2.45, 2.75) is 51.3 Å². The quantitative estimate of drug-likeness (QED) is 0.608. The summed E-state index contributed by atoms with van der Waals surface area (Å²) in [5.41, 5.74) is 2.73. The Morgan fingerprint density at radius 2 is 1.77 bits per heavy atom. The second-order valence-corrected chi connectivity index (χ2v) is 10.1.